The van der Waals surface area contributed by atoms with Gasteiger partial charge in [0.1, 0.15) is 0 Å². The summed E-state index contributed by atoms with van der Waals surface area (Å²) in [7, 11) is 0. The predicted molar refractivity (Wildman–Crippen MR) is 48.1 cm³/mol. The molecule has 0 radical (unpaired) electrons. The first-order valence-corrected chi connectivity index (χ1v) is 4.31. The van der Waals surface area contributed by atoms with Crippen molar-refractivity contribution in [1.29, 1.82) is 0 Å². The van der Waals surface area contributed by atoms with E-state index in [0.29, 0.717) is 5.57 Å². The summed E-state index contributed by atoms with van der Waals surface area (Å²) in [5.41, 5.74) is 1.03. The lowest BCUT2D eigenvalue weighted by atomic mass is 10.2. The molecule has 1 rings (SSSR count). The molecule has 0 saturated heterocycles. The first kappa shape index (κ1) is 8.93. The van der Waals surface area contributed by atoms with Gasteiger partial charge in [-0.2, -0.15) is 0 Å². The van der Waals surface area contributed by atoms with Crippen molar-refractivity contribution in [3.05, 3.63) is 21.7 Å². The number of thiazole rings is 1. The summed E-state index contributed by atoms with van der Waals surface area (Å²) in [4.78, 5) is 14.5. The lowest BCUT2D eigenvalue weighted by Crippen LogP contribution is -1.95. The monoisotopic (exact) mass is 183 g/mol. The van der Waals surface area contributed by atoms with Gasteiger partial charge in [-0.1, -0.05) is 0 Å². The Bertz CT molecular complexity index is 328. The van der Waals surface area contributed by atoms with E-state index >= 15 is 0 Å². The normalized spacial score (nSPS) is 11.7. The number of hydrogen-bond acceptors (Lipinski definition) is 3. The van der Waals surface area contributed by atoms with Crippen LogP contribution < -0.4 is 0 Å². The standard InChI is InChI=1S/C8H9NO2S/c1-5(8(10)11)3-7-4-12-6(2)9-7/h3-4H,1-2H3,(H,10,11)/b5-3+. The Hall–Kier alpha value is -1.16. The number of aromatic nitrogens is 1. The van der Waals surface area contributed by atoms with Crippen molar-refractivity contribution in [3.8, 4) is 0 Å². The second-order valence-electron chi connectivity index (χ2n) is 2.42. The molecule has 0 amide bonds. The lowest BCUT2D eigenvalue weighted by molar-refractivity contribution is -0.132. The first-order valence-electron chi connectivity index (χ1n) is 3.43. The van der Waals surface area contributed by atoms with Crippen molar-refractivity contribution in [2.45, 2.75) is 13.8 Å². The fraction of sp³-hybridized carbons (Fsp3) is 0.250. The highest BCUT2D eigenvalue weighted by atomic mass is 32.1. The van der Waals surface area contributed by atoms with Crippen LogP contribution in [0.15, 0.2) is 11.0 Å². The molecule has 0 fully saturated rings. The highest BCUT2D eigenvalue weighted by Crippen LogP contribution is 2.11. The molecule has 1 N–H and O–H groups in total. The van der Waals surface area contributed by atoms with E-state index in [0.717, 1.165) is 10.7 Å². The van der Waals surface area contributed by atoms with Gasteiger partial charge in [-0.05, 0) is 19.9 Å². The van der Waals surface area contributed by atoms with Crippen LogP contribution in [0.2, 0.25) is 0 Å². The molecule has 0 bridgehead atoms. The number of carboxylic acid groups (broad SMARTS) is 1. The largest absolute Gasteiger partial charge is 0.478 e. The Morgan fingerprint density at radius 3 is 2.83 bits per heavy atom. The van der Waals surface area contributed by atoms with E-state index in [4.69, 9.17) is 5.11 Å². The molecule has 0 spiro atoms. The summed E-state index contributed by atoms with van der Waals surface area (Å²) in [6.07, 6.45) is 1.56. The van der Waals surface area contributed by atoms with E-state index in [2.05, 4.69) is 4.98 Å². The van der Waals surface area contributed by atoms with Crippen LogP contribution >= 0.6 is 11.3 Å². The van der Waals surface area contributed by atoms with Gasteiger partial charge in [0.05, 0.1) is 10.7 Å². The molecule has 0 saturated carbocycles. The number of nitrogens with zero attached hydrogens (tertiary/aromatic N) is 1. The summed E-state index contributed by atoms with van der Waals surface area (Å²) in [5, 5.41) is 11.3. The van der Waals surface area contributed by atoms with Crippen LogP contribution in [0, 0.1) is 6.92 Å². The van der Waals surface area contributed by atoms with Gasteiger partial charge < -0.3 is 5.11 Å². The third-order valence-electron chi connectivity index (χ3n) is 1.34. The van der Waals surface area contributed by atoms with Crippen LogP contribution in [-0.2, 0) is 4.79 Å². The van der Waals surface area contributed by atoms with Crippen LogP contribution in [0.4, 0.5) is 0 Å². The maximum atomic E-state index is 10.4. The number of rotatable bonds is 2. The molecule has 1 heterocycles. The van der Waals surface area contributed by atoms with Gasteiger partial charge in [-0.15, -0.1) is 11.3 Å². The zero-order chi connectivity index (χ0) is 9.14. The molecule has 0 atom stereocenters. The van der Waals surface area contributed by atoms with E-state index in [1.54, 1.807) is 13.0 Å². The van der Waals surface area contributed by atoms with Crippen molar-refractivity contribution >= 4 is 23.4 Å². The predicted octanol–water partition coefficient (Wildman–Crippen LogP) is 1.94. The van der Waals surface area contributed by atoms with Gasteiger partial charge in [0.15, 0.2) is 0 Å². The maximum absolute atomic E-state index is 10.4. The number of aryl methyl sites for hydroxylation is 1. The van der Waals surface area contributed by atoms with Crippen molar-refractivity contribution in [1.82, 2.24) is 4.98 Å². The molecule has 0 aliphatic carbocycles. The smallest absolute Gasteiger partial charge is 0.331 e. The molecule has 1 aromatic heterocycles. The van der Waals surface area contributed by atoms with Crippen LogP contribution in [0.1, 0.15) is 17.6 Å². The van der Waals surface area contributed by atoms with E-state index in [1.165, 1.54) is 11.3 Å². The molecule has 0 aliphatic heterocycles. The summed E-state index contributed by atoms with van der Waals surface area (Å²) in [5.74, 6) is -0.902. The van der Waals surface area contributed by atoms with Crippen molar-refractivity contribution in [2.24, 2.45) is 0 Å². The zero-order valence-electron chi connectivity index (χ0n) is 6.87. The first-order chi connectivity index (χ1) is 5.59. The Morgan fingerprint density at radius 2 is 2.42 bits per heavy atom. The number of hydrogen-bond donors (Lipinski definition) is 1. The van der Waals surface area contributed by atoms with Gasteiger partial charge in [-0.3, -0.25) is 0 Å². The second kappa shape index (κ2) is 3.49. The minimum atomic E-state index is -0.902. The fourth-order valence-corrected chi connectivity index (χ4v) is 1.30. The minimum Gasteiger partial charge on any atom is -0.478 e. The second-order valence-corrected chi connectivity index (χ2v) is 3.49. The molecular weight excluding hydrogens is 174 g/mol. The van der Waals surface area contributed by atoms with E-state index in [-0.39, 0.29) is 0 Å². The number of carbonyl (C=O) groups is 1. The maximum Gasteiger partial charge on any atom is 0.331 e. The Morgan fingerprint density at radius 1 is 1.75 bits per heavy atom. The molecule has 4 heteroatoms. The highest BCUT2D eigenvalue weighted by Gasteiger charge is 2.01. The van der Waals surface area contributed by atoms with Gasteiger partial charge in [0.25, 0.3) is 0 Å². The summed E-state index contributed by atoms with van der Waals surface area (Å²) in [6.45, 7) is 3.44. The Labute approximate surface area is 74.4 Å². The summed E-state index contributed by atoms with van der Waals surface area (Å²) in [6, 6.07) is 0. The summed E-state index contributed by atoms with van der Waals surface area (Å²) >= 11 is 1.51. The van der Waals surface area contributed by atoms with Crippen LogP contribution in [0.5, 0.6) is 0 Å². The number of carboxylic acids is 1. The Balaban J connectivity index is 2.87. The Kier molecular flexibility index (Phi) is 2.60. The molecule has 0 unspecified atom stereocenters. The highest BCUT2D eigenvalue weighted by molar-refractivity contribution is 7.09. The SMILES string of the molecule is C/C(=C\c1csc(C)n1)C(=O)O. The minimum absolute atomic E-state index is 0.306. The average Bonchev–Trinajstić information content (AvgIpc) is 2.35. The van der Waals surface area contributed by atoms with Gasteiger partial charge >= 0.3 is 5.97 Å². The number of aliphatic carboxylic acids is 1. The third kappa shape index (κ3) is 2.17. The van der Waals surface area contributed by atoms with Crippen LogP contribution in [-0.4, -0.2) is 16.1 Å². The molecule has 12 heavy (non-hydrogen) atoms. The van der Waals surface area contributed by atoms with Crippen LogP contribution in [0.3, 0.4) is 0 Å². The third-order valence-corrected chi connectivity index (χ3v) is 2.13. The van der Waals surface area contributed by atoms with Crippen molar-refractivity contribution < 1.29 is 9.90 Å². The lowest BCUT2D eigenvalue weighted by Gasteiger charge is -1.89. The van der Waals surface area contributed by atoms with Crippen molar-refractivity contribution in [3.63, 3.8) is 0 Å². The van der Waals surface area contributed by atoms with Gasteiger partial charge in [0, 0.05) is 11.0 Å². The van der Waals surface area contributed by atoms with Crippen LogP contribution in [0.25, 0.3) is 6.08 Å². The van der Waals surface area contributed by atoms with Gasteiger partial charge in [-0.25, -0.2) is 9.78 Å². The van der Waals surface area contributed by atoms with E-state index in [9.17, 15) is 4.79 Å². The molecule has 64 valence electrons. The molecule has 0 aromatic carbocycles. The van der Waals surface area contributed by atoms with Crippen molar-refractivity contribution in [2.75, 3.05) is 0 Å². The quantitative estimate of drug-likeness (QED) is 0.713. The van der Waals surface area contributed by atoms with Gasteiger partial charge in [0.2, 0.25) is 0 Å². The summed E-state index contributed by atoms with van der Waals surface area (Å²) < 4.78 is 0. The topological polar surface area (TPSA) is 50.2 Å². The zero-order valence-corrected chi connectivity index (χ0v) is 7.68. The molecular formula is C8H9NO2S. The molecule has 3 nitrogen and oxygen atoms in total. The molecule has 0 aliphatic rings. The fourth-order valence-electron chi connectivity index (χ4n) is 0.730. The van der Waals surface area contributed by atoms with E-state index in [1.807, 2.05) is 12.3 Å². The van der Waals surface area contributed by atoms with E-state index < -0.39 is 5.97 Å². The average molecular weight is 183 g/mol. The molecule has 1 aromatic rings.